The standard InChI is InChI=1S/C21H20F3N3O2/c1-27(2)10-11-29-15-6-7-17(18(12-15)21(22,23)24)20(28)26-19-5-3-4-14-13-25-9-8-16(14)19/h3-9,12-13H,10-11H2,1-2H3,(H,26,28). The van der Waals surface area contributed by atoms with Crippen molar-refractivity contribution in [2.24, 2.45) is 0 Å². The largest absolute Gasteiger partial charge is 0.492 e. The molecule has 5 nitrogen and oxygen atoms in total. The number of alkyl halides is 3. The number of hydrogen-bond donors (Lipinski definition) is 1. The van der Waals surface area contributed by atoms with Crippen LogP contribution in [-0.2, 0) is 6.18 Å². The fraction of sp³-hybridized carbons (Fsp3) is 0.238. The molecule has 1 aromatic heterocycles. The lowest BCUT2D eigenvalue weighted by Gasteiger charge is -2.16. The molecule has 3 aromatic rings. The number of rotatable bonds is 6. The summed E-state index contributed by atoms with van der Waals surface area (Å²) in [5.41, 5.74) is -1.10. The zero-order valence-electron chi connectivity index (χ0n) is 16.0. The topological polar surface area (TPSA) is 54.5 Å². The van der Waals surface area contributed by atoms with E-state index in [0.29, 0.717) is 17.6 Å². The monoisotopic (exact) mass is 403 g/mol. The molecule has 0 bridgehead atoms. The van der Waals surface area contributed by atoms with Crippen LogP contribution in [0.15, 0.2) is 54.9 Å². The number of carbonyl (C=O) groups is 1. The van der Waals surface area contributed by atoms with Gasteiger partial charge in [0, 0.05) is 35.4 Å². The molecule has 0 spiro atoms. The Kier molecular flexibility index (Phi) is 6.03. The van der Waals surface area contributed by atoms with Crippen LogP contribution in [0.5, 0.6) is 5.75 Å². The van der Waals surface area contributed by atoms with Crippen molar-refractivity contribution in [1.82, 2.24) is 9.88 Å². The predicted molar refractivity (Wildman–Crippen MR) is 105 cm³/mol. The zero-order valence-corrected chi connectivity index (χ0v) is 16.0. The molecule has 0 saturated carbocycles. The summed E-state index contributed by atoms with van der Waals surface area (Å²) in [5, 5.41) is 4.03. The molecule has 0 fully saturated rings. The first-order chi connectivity index (χ1) is 13.8. The summed E-state index contributed by atoms with van der Waals surface area (Å²) in [4.78, 5) is 18.5. The molecule has 2 aromatic carbocycles. The maximum absolute atomic E-state index is 13.6. The fourth-order valence-corrected chi connectivity index (χ4v) is 2.81. The van der Waals surface area contributed by atoms with Gasteiger partial charge in [-0.25, -0.2) is 0 Å². The molecule has 29 heavy (non-hydrogen) atoms. The van der Waals surface area contributed by atoms with Crippen LogP contribution < -0.4 is 10.1 Å². The molecule has 1 heterocycles. The summed E-state index contributed by atoms with van der Waals surface area (Å²) in [5.74, 6) is -0.784. The number of hydrogen-bond acceptors (Lipinski definition) is 4. The van der Waals surface area contributed by atoms with E-state index >= 15 is 0 Å². The molecule has 0 unspecified atom stereocenters. The third kappa shape index (κ3) is 5.03. The lowest BCUT2D eigenvalue weighted by atomic mass is 10.0. The molecule has 152 valence electrons. The van der Waals surface area contributed by atoms with Gasteiger partial charge in [-0.1, -0.05) is 12.1 Å². The van der Waals surface area contributed by atoms with E-state index in [1.54, 1.807) is 36.7 Å². The maximum atomic E-state index is 13.6. The number of likely N-dealkylation sites (N-methyl/N-ethyl adjacent to an activating group) is 1. The molecular formula is C21H20F3N3O2. The van der Waals surface area contributed by atoms with E-state index in [-0.39, 0.29) is 12.4 Å². The van der Waals surface area contributed by atoms with Crippen molar-refractivity contribution in [2.75, 3.05) is 32.6 Å². The Labute approximate surface area is 166 Å². The van der Waals surface area contributed by atoms with Crippen LogP contribution in [-0.4, -0.2) is 43.0 Å². The van der Waals surface area contributed by atoms with E-state index in [1.807, 2.05) is 19.0 Å². The van der Waals surface area contributed by atoms with Crippen molar-refractivity contribution < 1.29 is 22.7 Å². The third-order valence-electron chi connectivity index (χ3n) is 4.28. The van der Waals surface area contributed by atoms with Crippen LogP contribution >= 0.6 is 0 Å². The SMILES string of the molecule is CN(C)CCOc1ccc(C(=O)Nc2cccc3cnccc23)c(C(F)(F)F)c1. The molecule has 1 amide bonds. The highest BCUT2D eigenvalue weighted by atomic mass is 19.4. The third-order valence-corrected chi connectivity index (χ3v) is 4.28. The number of benzene rings is 2. The Morgan fingerprint density at radius 2 is 1.97 bits per heavy atom. The molecule has 3 rings (SSSR count). The van der Waals surface area contributed by atoms with Crippen molar-refractivity contribution in [3.8, 4) is 5.75 Å². The summed E-state index contributed by atoms with van der Waals surface area (Å²) in [6.07, 6.45) is -1.53. The Bertz CT molecular complexity index is 1010. The number of nitrogens with zero attached hydrogens (tertiary/aromatic N) is 2. The van der Waals surface area contributed by atoms with E-state index < -0.39 is 23.2 Å². The molecular weight excluding hydrogens is 383 g/mol. The van der Waals surface area contributed by atoms with Crippen LogP contribution in [0.25, 0.3) is 10.8 Å². The van der Waals surface area contributed by atoms with Gasteiger partial charge in [-0.2, -0.15) is 13.2 Å². The second kappa shape index (κ2) is 8.48. The van der Waals surface area contributed by atoms with Gasteiger partial charge in [0.05, 0.1) is 11.1 Å². The number of anilines is 1. The van der Waals surface area contributed by atoms with Gasteiger partial charge in [0.1, 0.15) is 12.4 Å². The number of halogens is 3. The van der Waals surface area contributed by atoms with Crippen molar-refractivity contribution >= 4 is 22.4 Å². The molecule has 1 N–H and O–H groups in total. The Balaban J connectivity index is 1.89. The lowest BCUT2D eigenvalue weighted by molar-refractivity contribution is -0.138. The smallest absolute Gasteiger partial charge is 0.417 e. The van der Waals surface area contributed by atoms with E-state index in [0.717, 1.165) is 17.5 Å². The van der Waals surface area contributed by atoms with Crippen LogP contribution in [0.2, 0.25) is 0 Å². The minimum Gasteiger partial charge on any atom is -0.492 e. The molecule has 0 radical (unpaired) electrons. The minimum atomic E-state index is -4.70. The van der Waals surface area contributed by atoms with Gasteiger partial charge in [0.15, 0.2) is 0 Å². The Morgan fingerprint density at radius 1 is 1.17 bits per heavy atom. The van der Waals surface area contributed by atoms with Gasteiger partial charge in [-0.05, 0) is 44.4 Å². The highest BCUT2D eigenvalue weighted by Crippen LogP contribution is 2.35. The maximum Gasteiger partial charge on any atom is 0.417 e. The average molecular weight is 403 g/mol. The molecule has 0 aliphatic rings. The highest BCUT2D eigenvalue weighted by molar-refractivity contribution is 6.09. The average Bonchev–Trinajstić information content (AvgIpc) is 2.67. The summed E-state index contributed by atoms with van der Waals surface area (Å²) in [6, 6.07) is 10.2. The van der Waals surface area contributed by atoms with E-state index in [9.17, 15) is 18.0 Å². The van der Waals surface area contributed by atoms with Gasteiger partial charge >= 0.3 is 6.18 Å². The van der Waals surface area contributed by atoms with Gasteiger partial charge in [0.25, 0.3) is 5.91 Å². The van der Waals surface area contributed by atoms with Gasteiger partial charge in [-0.3, -0.25) is 9.78 Å². The van der Waals surface area contributed by atoms with E-state index in [4.69, 9.17) is 4.74 Å². The van der Waals surface area contributed by atoms with Crippen LogP contribution in [0.3, 0.4) is 0 Å². The summed E-state index contributed by atoms with van der Waals surface area (Å²) < 4.78 is 46.1. The summed E-state index contributed by atoms with van der Waals surface area (Å²) >= 11 is 0. The summed E-state index contributed by atoms with van der Waals surface area (Å²) in [6.45, 7) is 0.791. The molecule has 0 aliphatic heterocycles. The molecule has 0 aliphatic carbocycles. The minimum absolute atomic E-state index is 0.0620. The molecule has 8 heteroatoms. The first-order valence-corrected chi connectivity index (χ1v) is 8.88. The van der Waals surface area contributed by atoms with Crippen molar-refractivity contribution in [2.45, 2.75) is 6.18 Å². The van der Waals surface area contributed by atoms with Gasteiger partial charge < -0.3 is 15.0 Å². The lowest BCUT2D eigenvalue weighted by Crippen LogP contribution is -2.21. The number of carbonyl (C=O) groups excluding carboxylic acids is 1. The normalized spacial score (nSPS) is 11.7. The first kappa shape index (κ1) is 20.6. The van der Waals surface area contributed by atoms with Crippen LogP contribution in [0, 0.1) is 0 Å². The fourth-order valence-electron chi connectivity index (χ4n) is 2.81. The predicted octanol–water partition coefficient (Wildman–Crippen LogP) is 4.45. The quantitative estimate of drug-likeness (QED) is 0.661. The van der Waals surface area contributed by atoms with Crippen molar-refractivity contribution in [3.05, 3.63) is 66.0 Å². The number of pyridine rings is 1. The molecule has 0 saturated heterocycles. The Hall–Kier alpha value is -3.13. The molecule has 0 atom stereocenters. The van der Waals surface area contributed by atoms with E-state index in [2.05, 4.69) is 10.3 Å². The number of ether oxygens (including phenoxy) is 1. The second-order valence-corrected chi connectivity index (χ2v) is 6.71. The summed E-state index contributed by atoms with van der Waals surface area (Å²) in [7, 11) is 3.67. The van der Waals surface area contributed by atoms with Gasteiger partial charge in [0.2, 0.25) is 0 Å². The highest BCUT2D eigenvalue weighted by Gasteiger charge is 2.36. The van der Waals surface area contributed by atoms with Crippen LogP contribution in [0.4, 0.5) is 18.9 Å². The van der Waals surface area contributed by atoms with Crippen molar-refractivity contribution in [3.63, 3.8) is 0 Å². The number of amides is 1. The first-order valence-electron chi connectivity index (χ1n) is 8.88. The van der Waals surface area contributed by atoms with Gasteiger partial charge in [-0.15, -0.1) is 0 Å². The Morgan fingerprint density at radius 3 is 2.69 bits per heavy atom. The van der Waals surface area contributed by atoms with Crippen molar-refractivity contribution in [1.29, 1.82) is 0 Å². The van der Waals surface area contributed by atoms with E-state index in [1.165, 1.54) is 6.07 Å². The number of aromatic nitrogens is 1. The second-order valence-electron chi connectivity index (χ2n) is 6.71. The number of nitrogens with one attached hydrogen (secondary N) is 1. The number of fused-ring (bicyclic) bond motifs is 1. The zero-order chi connectivity index (χ0) is 21.0. The van der Waals surface area contributed by atoms with Crippen LogP contribution in [0.1, 0.15) is 15.9 Å².